The molecular weight excluding hydrogens is 373 g/mol. The van der Waals surface area contributed by atoms with Crippen molar-refractivity contribution in [2.45, 2.75) is 12.5 Å². The lowest BCUT2D eigenvalue weighted by molar-refractivity contribution is -0.125. The minimum absolute atomic E-state index is 0.0799. The maximum absolute atomic E-state index is 13.0. The number of nitrogens with one attached hydrogen (secondary N) is 2. The third-order valence-corrected chi connectivity index (χ3v) is 4.33. The van der Waals surface area contributed by atoms with Crippen LogP contribution in [0.1, 0.15) is 12.5 Å². The van der Waals surface area contributed by atoms with Crippen molar-refractivity contribution in [3.05, 3.63) is 59.4 Å². The van der Waals surface area contributed by atoms with Gasteiger partial charge in [0.1, 0.15) is 11.9 Å². The maximum atomic E-state index is 13.0. The first-order chi connectivity index (χ1) is 13.0. The molecule has 2 N–H and O–H groups in total. The zero-order valence-corrected chi connectivity index (χ0v) is 14.6. The van der Waals surface area contributed by atoms with Crippen LogP contribution in [0.2, 0.25) is 5.02 Å². The number of aromatic nitrogens is 3. The van der Waals surface area contributed by atoms with Crippen LogP contribution in [0.15, 0.2) is 48.5 Å². The molecule has 9 heteroatoms. The highest BCUT2D eigenvalue weighted by Crippen LogP contribution is 2.28. The summed E-state index contributed by atoms with van der Waals surface area (Å²) in [5.74, 6) is -0.628. The van der Waals surface area contributed by atoms with Crippen LogP contribution in [0.25, 0.3) is 11.4 Å². The number of amides is 2. The predicted molar refractivity (Wildman–Crippen MR) is 97.8 cm³/mol. The second-order valence-corrected chi connectivity index (χ2v) is 6.41. The summed E-state index contributed by atoms with van der Waals surface area (Å²) < 4.78 is 14.4. The van der Waals surface area contributed by atoms with Crippen molar-refractivity contribution in [3.63, 3.8) is 0 Å². The van der Waals surface area contributed by atoms with E-state index < -0.39 is 17.8 Å². The third kappa shape index (κ3) is 3.52. The van der Waals surface area contributed by atoms with Crippen molar-refractivity contribution in [2.75, 3.05) is 10.6 Å². The highest BCUT2D eigenvalue weighted by molar-refractivity contribution is 6.30. The second kappa shape index (κ2) is 6.81. The number of carbonyl (C=O) groups is 2. The molecule has 136 valence electrons. The number of benzene rings is 2. The summed E-state index contributed by atoms with van der Waals surface area (Å²) in [5, 5.41) is 10.2. The van der Waals surface area contributed by atoms with Gasteiger partial charge in [0.25, 0.3) is 0 Å². The molecule has 0 saturated heterocycles. The number of hydrogen-bond acceptors (Lipinski definition) is 4. The van der Waals surface area contributed by atoms with Crippen LogP contribution < -0.4 is 10.6 Å². The van der Waals surface area contributed by atoms with Crippen molar-refractivity contribution in [2.24, 2.45) is 0 Å². The molecule has 2 aromatic carbocycles. The van der Waals surface area contributed by atoms with Gasteiger partial charge >= 0.3 is 0 Å². The zero-order valence-electron chi connectivity index (χ0n) is 13.8. The highest BCUT2D eigenvalue weighted by Gasteiger charge is 2.33. The van der Waals surface area contributed by atoms with E-state index in [0.29, 0.717) is 22.1 Å². The summed E-state index contributed by atoms with van der Waals surface area (Å²) in [4.78, 5) is 28.9. The van der Waals surface area contributed by atoms with E-state index in [2.05, 4.69) is 20.7 Å². The van der Waals surface area contributed by atoms with Crippen molar-refractivity contribution in [3.8, 4) is 11.4 Å². The number of hydrogen-bond donors (Lipinski definition) is 2. The van der Waals surface area contributed by atoms with Gasteiger partial charge in [-0.3, -0.25) is 14.9 Å². The van der Waals surface area contributed by atoms with E-state index in [1.165, 1.54) is 28.9 Å². The monoisotopic (exact) mass is 385 g/mol. The van der Waals surface area contributed by atoms with Gasteiger partial charge in [-0.25, -0.2) is 9.07 Å². The van der Waals surface area contributed by atoms with Crippen molar-refractivity contribution in [1.82, 2.24) is 14.8 Å². The van der Waals surface area contributed by atoms with Gasteiger partial charge in [-0.1, -0.05) is 11.6 Å². The van der Waals surface area contributed by atoms with Gasteiger partial charge in [0.2, 0.25) is 17.8 Å². The Bertz CT molecular complexity index is 1020. The Labute approximate surface area is 158 Å². The SMILES string of the molecule is O=C1CC(C(=O)Nc2ccc(F)cc2)n2nc(-c3ccc(Cl)cc3)nc2N1. The molecule has 7 nitrogen and oxygen atoms in total. The van der Waals surface area contributed by atoms with E-state index in [-0.39, 0.29) is 18.3 Å². The lowest BCUT2D eigenvalue weighted by atomic mass is 10.1. The molecule has 0 bridgehead atoms. The van der Waals surface area contributed by atoms with Crippen LogP contribution >= 0.6 is 11.6 Å². The maximum Gasteiger partial charge on any atom is 0.249 e. The van der Waals surface area contributed by atoms with Gasteiger partial charge in [0, 0.05) is 16.3 Å². The van der Waals surface area contributed by atoms with E-state index in [0.717, 1.165) is 0 Å². The molecule has 27 heavy (non-hydrogen) atoms. The van der Waals surface area contributed by atoms with Gasteiger partial charge in [0.05, 0.1) is 6.42 Å². The van der Waals surface area contributed by atoms with Gasteiger partial charge in [-0.05, 0) is 48.5 Å². The first kappa shape index (κ1) is 17.2. The molecule has 1 aromatic heterocycles. The van der Waals surface area contributed by atoms with E-state index >= 15 is 0 Å². The lowest BCUT2D eigenvalue weighted by Gasteiger charge is -2.22. The Morgan fingerprint density at radius 2 is 1.89 bits per heavy atom. The van der Waals surface area contributed by atoms with Gasteiger partial charge in [-0.15, -0.1) is 5.10 Å². The number of rotatable bonds is 3. The number of nitrogens with zero attached hydrogens (tertiary/aromatic N) is 3. The molecule has 0 saturated carbocycles. The Hall–Kier alpha value is -3.26. The number of fused-ring (bicyclic) bond motifs is 1. The largest absolute Gasteiger partial charge is 0.324 e. The summed E-state index contributed by atoms with van der Waals surface area (Å²) >= 11 is 5.89. The summed E-state index contributed by atoms with van der Waals surface area (Å²) in [7, 11) is 0. The zero-order chi connectivity index (χ0) is 19.0. The van der Waals surface area contributed by atoms with E-state index in [9.17, 15) is 14.0 Å². The molecule has 1 aliphatic heterocycles. The normalized spacial score (nSPS) is 15.8. The van der Waals surface area contributed by atoms with Crippen molar-refractivity contribution >= 4 is 35.1 Å². The van der Waals surface area contributed by atoms with Crippen LogP contribution in [0.5, 0.6) is 0 Å². The van der Waals surface area contributed by atoms with Crippen molar-refractivity contribution in [1.29, 1.82) is 0 Å². The van der Waals surface area contributed by atoms with Crippen LogP contribution in [0, 0.1) is 5.82 Å². The fourth-order valence-electron chi connectivity index (χ4n) is 2.75. The molecule has 0 aliphatic carbocycles. The Kier molecular flexibility index (Phi) is 4.33. The average Bonchev–Trinajstić information content (AvgIpc) is 3.07. The van der Waals surface area contributed by atoms with Gasteiger partial charge in [-0.2, -0.15) is 4.98 Å². The van der Waals surface area contributed by atoms with Crippen LogP contribution in [0.4, 0.5) is 16.0 Å². The quantitative estimate of drug-likeness (QED) is 0.724. The fourth-order valence-corrected chi connectivity index (χ4v) is 2.87. The molecule has 1 atom stereocenters. The topological polar surface area (TPSA) is 88.9 Å². The summed E-state index contributed by atoms with van der Waals surface area (Å²) in [6, 6.07) is 11.4. The summed E-state index contributed by atoms with van der Waals surface area (Å²) in [5.41, 5.74) is 1.13. The molecule has 3 aromatic rings. The second-order valence-electron chi connectivity index (χ2n) is 5.97. The highest BCUT2D eigenvalue weighted by atomic mass is 35.5. The molecule has 0 radical (unpaired) electrons. The minimum Gasteiger partial charge on any atom is -0.324 e. The number of halogens is 2. The lowest BCUT2D eigenvalue weighted by Crippen LogP contribution is -2.36. The van der Waals surface area contributed by atoms with Crippen molar-refractivity contribution < 1.29 is 14.0 Å². The average molecular weight is 386 g/mol. The summed E-state index contributed by atoms with van der Waals surface area (Å²) in [6.45, 7) is 0. The van der Waals surface area contributed by atoms with Gasteiger partial charge < -0.3 is 5.32 Å². The Balaban J connectivity index is 1.63. The molecule has 0 fully saturated rings. The first-order valence-electron chi connectivity index (χ1n) is 8.08. The number of anilines is 2. The Morgan fingerprint density at radius 3 is 2.59 bits per heavy atom. The smallest absolute Gasteiger partial charge is 0.249 e. The third-order valence-electron chi connectivity index (χ3n) is 4.07. The van der Waals surface area contributed by atoms with E-state index in [1.807, 2.05) is 0 Å². The van der Waals surface area contributed by atoms with Crippen LogP contribution in [-0.2, 0) is 9.59 Å². The summed E-state index contributed by atoms with van der Waals surface area (Å²) in [6.07, 6.45) is -0.0799. The van der Waals surface area contributed by atoms with Crippen LogP contribution in [0.3, 0.4) is 0 Å². The Morgan fingerprint density at radius 1 is 1.19 bits per heavy atom. The standard InChI is InChI=1S/C18H13ClFN5O2/c19-11-3-1-10(2-4-11)16-23-18-22-15(26)9-14(25(18)24-16)17(27)21-13-7-5-12(20)6-8-13/h1-8,14H,9H2,(H,21,27)(H,22,23,24,26). The molecule has 4 rings (SSSR count). The van der Waals surface area contributed by atoms with E-state index in [4.69, 9.17) is 11.6 Å². The molecular formula is C18H13ClFN5O2. The molecule has 2 heterocycles. The molecule has 1 unspecified atom stereocenters. The molecule has 2 amide bonds. The minimum atomic E-state index is -0.868. The van der Waals surface area contributed by atoms with Crippen LogP contribution in [-0.4, -0.2) is 26.6 Å². The van der Waals surface area contributed by atoms with Gasteiger partial charge in [0.15, 0.2) is 5.82 Å². The predicted octanol–water partition coefficient (Wildman–Crippen LogP) is 3.26. The van der Waals surface area contributed by atoms with E-state index in [1.54, 1.807) is 24.3 Å². The fraction of sp³-hybridized carbons (Fsp3) is 0.111. The first-order valence-corrected chi connectivity index (χ1v) is 8.46. The number of carbonyl (C=O) groups excluding carboxylic acids is 2. The molecule has 1 aliphatic rings. The molecule has 0 spiro atoms.